The first-order chi connectivity index (χ1) is 9.73. The molecule has 110 valence electrons. The van der Waals surface area contributed by atoms with Crippen molar-refractivity contribution in [2.24, 2.45) is 5.41 Å². The Bertz CT molecular complexity index is 465. The van der Waals surface area contributed by atoms with Crippen molar-refractivity contribution in [3.05, 3.63) is 18.0 Å². The lowest BCUT2D eigenvalue weighted by atomic mass is 9.77. The van der Waals surface area contributed by atoms with Crippen LogP contribution < -0.4 is 0 Å². The predicted molar refractivity (Wildman–Crippen MR) is 79.6 cm³/mol. The minimum absolute atomic E-state index is 0.0306. The summed E-state index contributed by atoms with van der Waals surface area (Å²) in [5.41, 5.74) is 0.943. The summed E-state index contributed by atoms with van der Waals surface area (Å²) in [6.45, 7) is 2.17. The van der Waals surface area contributed by atoms with Gasteiger partial charge in [-0.2, -0.15) is 5.10 Å². The first-order valence-corrected chi connectivity index (χ1v) is 8.31. The number of carbonyl (C=O) groups excluding carboxylic acids is 1. The van der Waals surface area contributed by atoms with Crippen LogP contribution in [0.4, 0.5) is 0 Å². The molecule has 0 spiro atoms. The Morgan fingerprint density at radius 3 is 2.65 bits per heavy atom. The summed E-state index contributed by atoms with van der Waals surface area (Å²) in [7, 11) is 0. The van der Waals surface area contributed by atoms with Crippen molar-refractivity contribution < 1.29 is 4.79 Å². The first kappa shape index (κ1) is 13.8. The van der Waals surface area contributed by atoms with Crippen molar-refractivity contribution in [3.63, 3.8) is 0 Å². The van der Waals surface area contributed by atoms with E-state index in [-0.39, 0.29) is 5.41 Å². The van der Waals surface area contributed by atoms with Gasteiger partial charge in [0.1, 0.15) is 5.78 Å². The SMILES string of the molecule is CCC1(C(=O)Cc2ccn(C3CCCC3)n2)CCCC1. The molecule has 0 atom stereocenters. The van der Waals surface area contributed by atoms with Crippen molar-refractivity contribution in [3.8, 4) is 0 Å². The Morgan fingerprint density at radius 2 is 2.00 bits per heavy atom. The van der Waals surface area contributed by atoms with Gasteiger partial charge in [-0.15, -0.1) is 0 Å². The zero-order valence-electron chi connectivity index (χ0n) is 12.6. The number of nitrogens with zero attached hydrogens (tertiary/aromatic N) is 2. The Labute approximate surface area is 121 Å². The van der Waals surface area contributed by atoms with Crippen LogP contribution in [0.2, 0.25) is 0 Å². The Hall–Kier alpha value is -1.12. The van der Waals surface area contributed by atoms with Gasteiger partial charge < -0.3 is 0 Å². The molecule has 2 aliphatic rings. The molecule has 0 bridgehead atoms. The van der Waals surface area contributed by atoms with E-state index < -0.39 is 0 Å². The van der Waals surface area contributed by atoms with Gasteiger partial charge in [0.25, 0.3) is 0 Å². The third-order valence-corrected chi connectivity index (χ3v) is 5.53. The van der Waals surface area contributed by atoms with E-state index in [0.717, 1.165) is 25.0 Å². The molecular weight excluding hydrogens is 248 g/mol. The maximum Gasteiger partial charge on any atom is 0.145 e. The van der Waals surface area contributed by atoms with Gasteiger partial charge >= 0.3 is 0 Å². The van der Waals surface area contributed by atoms with Gasteiger partial charge in [0.2, 0.25) is 0 Å². The van der Waals surface area contributed by atoms with Gasteiger partial charge in [0.15, 0.2) is 0 Å². The second kappa shape index (κ2) is 5.71. The Kier molecular flexibility index (Phi) is 3.95. The number of hydrogen-bond donors (Lipinski definition) is 0. The molecule has 0 amide bonds. The minimum Gasteiger partial charge on any atom is -0.299 e. The molecular formula is C17H26N2O. The van der Waals surface area contributed by atoms with Gasteiger partial charge in [-0.25, -0.2) is 0 Å². The standard InChI is InChI=1S/C17H26N2O/c1-2-17(10-5-6-11-17)16(20)13-14-9-12-19(18-14)15-7-3-4-8-15/h9,12,15H,2-8,10-11,13H2,1H3. The van der Waals surface area contributed by atoms with Crippen LogP contribution in [0, 0.1) is 5.41 Å². The van der Waals surface area contributed by atoms with E-state index in [1.165, 1.54) is 38.5 Å². The molecule has 2 aliphatic carbocycles. The fraction of sp³-hybridized carbons (Fsp3) is 0.765. The molecule has 0 aromatic carbocycles. The smallest absolute Gasteiger partial charge is 0.145 e. The molecule has 0 radical (unpaired) electrons. The number of rotatable bonds is 5. The number of Topliss-reactive ketones (excluding diaryl/α,β-unsaturated/α-hetero) is 1. The van der Waals surface area contributed by atoms with Crippen LogP contribution in [0.5, 0.6) is 0 Å². The summed E-state index contributed by atoms with van der Waals surface area (Å²) < 4.78 is 2.10. The predicted octanol–water partition coefficient (Wildman–Crippen LogP) is 4.08. The fourth-order valence-corrected chi connectivity index (χ4v) is 4.08. The maximum atomic E-state index is 12.6. The van der Waals surface area contributed by atoms with Crippen LogP contribution in [0.1, 0.15) is 76.4 Å². The average Bonchev–Trinajstić information content (AvgIpc) is 3.20. The topological polar surface area (TPSA) is 34.9 Å². The zero-order chi connectivity index (χ0) is 14.0. The van der Waals surface area contributed by atoms with Gasteiger partial charge in [-0.3, -0.25) is 9.48 Å². The molecule has 3 heteroatoms. The number of ketones is 1. The normalized spacial score (nSPS) is 22.4. The number of aromatic nitrogens is 2. The van der Waals surface area contributed by atoms with Gasteiger partial charge in [-0.05, 0) is 38.2 Å². The lowest BCUT2D eigenvalue weighted by Crippen LogP contribution is -2.29. The summed E-state index contributed by atoms with van der Waals surface area (Å²) in [6.07, 6.45) is 13.3. The van der Waals surface area contributed by atoms with Crippen LogP contribution in [-0.4, -0.2) is 15.6 Å². The highest BCUT2D eigenvalue weighted by Crippen LogP contribution is 2.42. The second-order valence-corrected chi connectivity index (χ2v) is 6.67. The molecule has 1 heterocycles. The summed E-state index contributed by atoms with van der Waals surface area (Å²) in [4.78, 5) is 12.6. The largest absolute Gasteiger partial charge is 0.299 e. The molecule has 3 rings (SSSR count). The molecule has 0 saturated heterocycles. The van der Waals surface area contributed by atoms with Crippen molar-refractivity contribution in [2.75, 3.05) is 0 Å². The molecule has 1 aromatic rings. The van der Waals surface area contributed by atoms with Crippen molar-refractivity contribution >= 4 is 5.78 Å². The second-order valence-electron chi connectivity index (χ2n) is 6.67. The maximum absolute atomic E-state index is 12.6. The van der Waals surface area contributed by atoms with Crippen molar-refractivity contribution in [1.29, 1.82) is 0 Å². The summed E-state index contributed by atoms with van der Waals surface area (Å²) in [5.74, 6) is 0.425. The van der Waals surface area contributed by atoms with Gasteiger partial charge in [0, 0.05) is 11.6 Å². The lowest BCUT2D eigenvalue weighted by Gasteiger charge is -2.25. The molecule has 20 heavy (non-hydrogen) atoms. The van der Waals surface area contributed by atoms with Gasteiger partial charge in [-0.1, -0.05) is 32.6 Å². The highest BCUT2D eigenvalue weighted by atomic mass is 16.1. The molecule has 0 aliphatic heterocycles. The van der Waals surface area contributed by atoms with E-state index >= 15 is 0 Å². The molecule has 0 N–H and O–H groups in total. The van der Waals surface area contributed by atoms with E-state index in [9.17, 15) is 4.79 Å². The van der Waals surface area contributed by atoms with Crippen LogP contribution in [0.15, 0.2) is 12.3 Å². The number of hydrogen-bond acceptors (Lipinski definition) is 2. The summed E-state index contributed by atoms with van der Waals surface area (Å²) in [5, 5.41) is 4.66. The molecule has 2 saturated carbocycles. The zero-order valence-corrected chi connectivity index (χ0v) is 12.6. The Balaban J connectivity index is 1.66. The first-order valence-electron chi connectivity index (χ1n) is 8.31. The monoisotopic (exact) mass is 274 g/mol. The average molecular weight is 274 g/mol. The third kappa shape index (κ3) is 2.55. The van der Waals surface area contributed by atoms with Crippen molar-refractivity contribution in [1.82, 2.24) is 9.78 Å². The fourth-order valence-electron chi connectivity index (χ4n) is 4.08. The summed E-state index contributed by atoms with van der Waals surface area (Å²) >= 11 is 0. The van der Waals surface area contributed by atoms with E-state index in [1.54, 1.807) is 0 Å². The van der Waals surface area contributed by atoms with Gasteiger partial charge in [0.05, 0.1) is 18.2 Å². The lowest BCUT2D eigenvalue weighted by molar-refractivity contribution is -0.128. The van der Waals surface area contributed by atoms with E-state index in [2.05, 4.69) is 29.0 Å². The molecule has 0 unspecified atom stereocenters. The van der Waals surface area contributed by atoms with Crippen molar-refractivity contribution in [2.45, 2.75) is 77.2 Å². The van der Waals surface area contributed by atoms with Crippen LogP contribution in [0.3, 0.4) is 0 Å². The minimum atomic E-state index is -0.0306. The van der Waals surface area contributed by atoms with E-state index in [1.807, 2.05) is 0 Å². The quantitative estimate of drug-likeness (QED) is 0.811. The highest BCUT2D eigenvalue weighted by Gasteiger charge is 2.38. The Morgan fingerprint density at radius 1 is 1.30 bits per heavy atom. The van der Waals surface area contributed by atoms with E-state index in [0.29, 0.717) is 18.2 Å². The van der Waals surface area contributed by atoms with Crippen LogP contribution in [0.25, 0.3) is 0 Å². The van der Waals surface area contributed by atoms with Crippen LogP contribution >= 0.6 is 0 Å². The van der Waals surface area contributed by atoms with E-state index in [4.69, 9.17) is 0 Å². The molecule has 2 fully saturated rings. The highest BCUT2D eigenvalue weighted by molar-refractivity contribution is 5.86. The molecule has 1 aromatic heterocycles. The summed E-state index contributed by atoms with van der Waals surface area (Å²) in [6, 6.07) is 2.62. The third-order valence-electron chi connectivity index (χ3n) is 5.53. The molecule has 3 nitrogen and oxygen atoms in total. The van der Waals surface area contributed by atoms with Crippen LogP contribution in [-0.2, 0) is 11.2 Å². The number of carbonyl (C=O) groups is 1.